The van der Waals surface area contributed by atoms with Gasteiger partial charge in [0.05, 0.1) is 12.2 Å². The van der Waals surface area contributed by atoms with Crippen molar-refractivity contribution in [1.82, 2.24) is 0 Å². The molecule has 0 aliphatic rings. The zero-order chi connectivity index (χ0) is 12.7. The van der Waals surface area contributed by atoms with E-state index in [0.29, 0.717) is 5.56 Å². The molecule has 92 valence electrons. The minimum atomic E-state index is -1.51. The molecular formula is C13H16O4. The third-order valence-corrected chi connectivity index (χ3v) is 2.21. The summed E-state index contributed by atoms with van der Waals surface area (Å²) in [6, 6.07) is 8.48. The Balaban J connectivity index is 2.59. The van der Waals surface area contributed by atoms with Crippen LogP contribution in [0.1, 0.15) is 17.3 Å². The molecule has 0 amide bonds. The number of allylic oxidation sites excluding steroid dienone is 1. The van der Waals surface area contributed by atoms with Gasteiger partial charge in [-0.1, -0.05) is 30.4 Å². The van der Waals surface area contributed by atoms with E-state index in [1.54, 1.807) is 43.3 Å². The highest BCUT2D eigenvalue weighted by Gasteiger charge is 2.24. The van der Waals surface area contributed by atoms with Crippen molar-refractivity contribution in [3.05, 3.63) is 48.0 Å². The fourth-order valence-corrected chi connectivity index (χ4v) is 1.30. The van der Waals surface area contributed by atoms with Crippen molar-refractivity contribution in [3.63, 3.8) is 0 Å². The second-order valence-electron chi connectivity index (χ2n) is 3.70. The lowest BCUT2D eigenvalue weighted by Crippen LogP contribution is -2.37. The molecule has 1 aromatic rings. The maximum Gasteiger partial charge on any atom is 0.338 e. The second-order valence-corrected chi connectivity index (χ2v) is 3.70. The van der Waals surface area contributed by atoms with Crippen LogP contribution in [0.3, 0.4) is 0 Å². The third kappa shape index (κ3) is 4.01. The van der Waals surface area contributed by atoms with Gasteiger partial charge in [0.25, 0.3) is 0 Å². The van der Waals surface area contributed by atoms with Gasteiger partial charge in [-0.2, -0.15) is 0 Å². The van der Waals surface area contributed by atoms with Crippen LogP contribution in [-0.4, -0.2) is 35.0 Å². The summed E-state index contributed by atoms with van der Waals surface area (Å²) in [5, 5.41) is 18.8. The molecule has 17 heavy (non-hydrogen) atoms. The summed E-state index contributed by atoms with van der Waals surface area (Å²) in [6.07, 6.45) is 2.98. The number of hydrogen-bond donors (Lipinski definition) is 2. The van der Waals surface area contributed by atoms with Gasteiger partial charge in [0.2, 0.25) is 0 Å². The molecule has 1 unspecified atom stereocenters. The van der Waals surface area contributed by atoms with Gasteiger partial charge in [0, 0.05) is 0 Å². The lowest BCUT2D eigenvalue weighted by Gasteiger charge is -2.21. The van der Waals surface area contributed by atoms with Gasteiger partial charge >= 0.3 is 5.97 Å². The quantitative estimate of drug-likeness (QED) is 0.594. The number of hydrogen-bond acceptors (Lipinski definition) is 4. The molecule has 0 saturated carbocycles. The molecule has 4 heteroatoms. The zero-order valence-corrected chi connectivity index (χ0v) is 9.67. The van der Waals surface area contributed by atoms with E-state index in [1.165, 1.54) is 6.08 Å². The van der Waals surface area contributed by atoms with Crippen molar-refractivity contribution in [2.24, 2.45) is 0 Å². The van der Waals surface area contributed by atoms with Crippen LogP contribution in [0.4, 0.5) is 0 Å². The summed E-state index contributed by atoms with van der Waals surface area (Å²) in [7, 11) is 0. The van der Waals surface area contributed by atoms with E-state index in [2.05, 4.69) is 0 Å². The van der Waals surface area contributed by atoms with Gasteiger partial charge in [-0.3, -0.25) is 0 Å². The van der Waals surface area contributed by atoms with E-state index in [0.717, 1.165) is 0 Å². The van der Waals surface area contributed by atoms with E-state index >= 15 is 0 Å². The Labute approximate surface area is 100 Å². The summed E-state index contributed by atoms with van der Waals surface area (Å²) in [5.74, 6) is -0.526. The van der Waals surface area contributed by atoms with E-state index in [4.69, 9.17) is 9.84 Å². The smallest absolute Gasteiger partial charge is 0.338 e. The minimum Gasteiger partial charge on any atom is -0.459 e. The Kier molecular flexibility index (Phi) is 4.87. The molecule has 0 aliphatic heterocycles. The summed E-state index contributed by atoms with van der Waals surface area (Å²) in [4.78, 5) is 11.6. The molecule has 0 saturated heterocycles. The highest BCUT2D eigenvalue weighted by Crippen LogP contribution is 2.09. The fourth-order valence-electron chi connectivity index (χ4n) is 1.30. The van der Waals surface area contributed by atoms with Crippen molar-refractivity contribution < 1.29 is 19.7 Å². The van der Waals surface area contributed by atoms with E-state index < -0.39 is 18.2 Å². The average Bonchev–Trinajstić information content (AvgIpc) is 2.37. The third-order valence-electron chi connectivity index (χ3n) is 2.21. The molecule has 0 spiro atoms. The Morgan fingerprint density at radius 3 is 2.59 bits per heavy atom. The molecule has 1 aromatic carbocycles. The van der Waals surface area contributed by atoms with Crippen LogP contribution in [0.5, 0.6) is 0 Å². The monoisotopic (exact) mass is 236 g/mol. The summed E-state index contributed by atoms with van der Waals surface area (Å²) >= 11 is 0. The molecule has 0 bridgehead atoms. The number of carbonyl (C=O) groups is 1. The minimum absolute atomic E-state index is 0.276. The molecule has 0 radical (unpaired) electrons. The Hall–Kier alpha value is -1.65. The van der Waals surface area contributed by atoms with Crippen molar-refractivity contribution >= 4 is 5.97 Å². The van der Waals surface area contributed by atoms with Gasteiger partial charge in [-0.15, -0.1) is 0 Å². The lowest BCUT2D eigenvalue weighted by atomic mass is 10.1. The first kappa shape index (κ1) is 13.4. The first-order valence-corrected chi connectivity index (χ1v) is 5.30. The number of esters is 1. The number of ether oxygens (including phenoxy) is 1. The highest BCUT2D eigenvalue weighted by atomic mass is 16.5. The molecular weight excluding hydrogens is 220 g/mol. The standard InChI is InChI=1S/C13H16O4/c1-2-8-13(16,9-14)10-17-12(15)11-6-4-3-5-7-11/h2-8,14,16H,9-10H2,1H3. The SMILES string of the molecule is CC=CC(O)(CO)COC(=O)c1ccccc1. The average molecular weight is 236 g/mol. The first-order valence-electron chi connectivity index (χ1n) is 5.30. The molecule has 0 heterocycles. The van der Waals surface area contributed by atoms with E-state index in [-0.39, 0.29) is 6.61 Å². The van der Waals surface area contributed by atoms with Crippen LogP contribution in [0.2, 0.25) is 0 Å². The lowest BCUT2D eigenvalue weighted by molar-refractivity contribution is -0.0324. The maximum atomic E-state index is 11.6. The van der Waals surface area contributed by atoms with Crippen LogP contribution in [0.15, 0.2) is 42.5 Å². The molecule has 2 N–H and O–H groups in total. The zero-order valence-electron chi connectivity index (χ0n) is 9.67. The molecule has 1 atom stereocenters. The largest absolute Gasteiger partial charge is 0.459 e. The number of carbonyl (C=O) groups excluding carboxylic acids is 1. The molecule has 0 fully saturated rings. The molecule has 4 nitrogen and oxygen atoms in total. The predicted octanol–water partition coefficient (Wildman–Crippen LogP) is 1.14. The first-order chi connectivity index (χ1) is 8.11. The number of aliphatic hydroxyl groups is 2. The van der Waals surface area contributed by atoms with Crippen LogP contribution < -0.4 is 0 Å². The van der Waals surface area contributed by atoms with Crippen molar-refractivity contribution in [3.8, 4) is 0 Å². The number of rotatable bonds is 5. The molecule has 0 aliphatic carbocycles. The Morgan fingerprint density at radius 2 is 2.06 bits per heavy atom. The summed E-state index contributed by atoms with van der Waals surface area (Å²) < 4.78 is 4.94. The van der Waals surface area contributed by atoms with Crippen LogP contribution in [0.25, 0.3) is 0 Å². The summed E-state index contributed by atoms with van der Waals surface area (Å²) in [5.41, 5.74) is -1.10. The number of benzene rings is 1. The predicted molar refractivity (Wildman–Crippen MR) is 63.6 cm³/mol. The molecule has 1 rings (SSSR count). The Morgan fingerprint density at radius 1 is 1.41 bits per heavy atom. The van der Waals surface area contributed by atoms with Crippen molar-refractivity contribution in [2.75, 3.05) is 13.2 Å². The van der Waals surface area contributed by atoms with E-state index in [1.807, 2.05) is 0 Å². The van der Waals surface area contributed by atoms with Crippen LogP contribution in [0, 0.1) is 0 Å². The normalized spacial score (nSPS) is 14.5. The second kappa shape index (κ2) is 6.18. The van der Waals surface area contributed by atoms with Gasteiger partial charge in [-0.25, -0.2) is 4.79 Å². The number of aliphatic hydroxyl groups excluding tert-OH is 1. The van der Waals surface area contributed by atoms with Gasteiger partial charge in [0.15, 0.2) is 0 Å². The van der Waals surface area contributed by atoms with Gasteiger partial charge in [0.1, 0.15) is 12.2 Å². The van der Waals surface area contributed by atoms with Crippen molar-refractivity contribution in [1.29, 1.82) is 0 Å². The van der Waals surface area contributed by atoms with Crippen LogP contribution in [-0.2, 0) is 4.74 Å². The topological polar surface area (TPSA) is 66.8 Å². The van der Waals surface area contributed by atoms with Gasteiger partial charge < -0.3 is 14.9 Å². The van der Waals surface area contributed by atoms with E-state index in [9.17, 15) is 9.90 Å². The van der Waals surface area contributed by atoms with Crippen LogP contribution >= 0.6 is 0 Å². The molecule has 0 aromatic heterocycles. The summed E-state index contributed by atoms with van der Waals surface area (Å²) in [6.45, 7) is 0.931. The fraction of sp³-hybridized carbons (Fsp3) is 0.308. The highest BCUT2D eigenvalue weighted by molar-refractivity contribution is 5.89. The Bertz CT molecular complexity index is 386. The maximum absolute atomic E-state index is 11.6. The van der Waals surface area contributed by atoms with Crippen molar-refractivity contribution in [2.45, 2.75) is 12.5 Å². The van der Waals surface area contributed by atoms with Gasteiger partial charge in [-0.05, 0) is 19.1 Å².